The number of hydrogen-bond donors (Lipinski definition) is 0. The second-order valence-corrected chi connectivity index (χ2v) is 6.78. The highest BCUT2D eigenvalue weighted by molar-refractivity contribution is 6.55. The van der Waals surface area contributed by atoms with Crippen LogP contribution >= 0.6 is 23.2 Å². The molecular weight excluding hydrogens is 329 g/mol. The summed E-state index contributed by atoms with van der Waals surface area (Å²) in [6.45, 7) is 3.71. The van der Waals surface area contributed by atoms with Gasteiger partial charge in [-0.2, -0.15) is 0 Å². The minimum atomic E-state index is -0.497. The molecule has 1 aromatic rings. The Bertz CT molecular complexity index is 638. The number of nitrogens with zero attached hydrogens (tertiary/aromatic N) is 1. The lowest BCUT2D eigenvalue weighted by atomic mass is 10.1. The van der Waals surface area contributed by atoms with E-state index in [1.54, 1.807) is 24.3 Å². The second kappa shape index (κ2) is 6.26. The summed E-state index contributed by atoms with van der Waals surface area (Å²) in [4.78, 5) is 22.6. The number of hydrogen-bond acceptors (Lipinski definition) is 4. The van der Waals surface area contributed by atoms with Crippen molar-refractivity contribution in [3.05, 3.63) is 50.5 Å². The van der Waals surface area contributed by atoms with Crippen LogP contribution in [0.3, 0.4) is 0 Å². The molecule has 0 heterocycles. The van der Waals surface area contributed by atoms with Gasteiger partial charge >= 0.3 is 5.97 Å². The van der Waals surface area contributed by atoms with Crippen molar-refractivity contribution in [2.75, 3.05) is 0 Å². The molecule has 0 bridgehead atoms. The third-order valence-electron chi connectivity index (χ3n) is 4.03. The van der Waals surface area contributed by atoms with Gasteiger partial charge in [0.2, 0.25) is 0 Å². The van der Waals surface area contributed by atoms with Crippen molar-refractivity contribution in [2.24, 2.45) is 17.3 Å². The molecule has 2 unspecified atom stereocenters. The van der Waals surface area contributed by atoms with Gasteiger partial charge in [0.05, 0.1) is 16.4 Å². The van der Waals surface area contributed by atoms with Gasteiger partial charge in [-0.1, -0.05) is 49.2 Å². The van der Waals surface area contributed by atoms with Gasteiger partial charge in [-0.3, -0.25) is 14.9 Å². The first-order valence-electron chi connectivity index (χ1n) is 6.67. The molecule has 1 saturated carbocycles. The van der Waals surface area contributed by atoms with Gasteiger partial charge in [-0.25, -0.2) is 0 Å². The highest BCUT2D eigenvalue weighted by Crippen LogP contribution is 2.60. The van der Waals surface area contributed by atoms with Gasteiger partial charge < -0.3 is 4.74 Å². The number of halogens is 2. The number of ether oxygens (including phenoxy) is 1. The number of para-hydroxylation sites is 1. The number of nitro groups is 1. The average Bonchev–Trinajstić information content (AvgIpc) is 2.96. The summed E-state index contributed by atoms with van der Waals surface area (Å²) in [5.74, 6) is -0.836. The van der Waals surface area contributed by atoms with Crippen LogP contribution < -0.4 is 0 Å². The average molecular weight is 344 g/mol. The number of carbonyl (C=O) groups excluding carboxylic acids is 1. The molecule has 5 nitrogen and oxygen atoms in total. The quantitative estimate of drug-likeness (QED) is 0.455. The molecule has 22 heavy (non-hydrogen) atoms. The van der Waals surface area contributed by atoms with E-state index in [4.69, 9.17) is 27.9 Å². The fourth-order valence-corrected chi connectivity index (χ4v) is 2.90. The molecule has 118 valence electrons. The van der Waals surface area contributed by atoms with E-state index in [1.807, 2.05) is 13.8 Å². The zero-order valence-electron chi connectivity index (χ0n) is 12.1. The Morgan fingerprint density at radius 2 is 2.05 bits per heavy atom. The Kier molecular flexibility index (Phi) is 4.78. The molecule has 1 aliphatic rings. The summed E-state index contributed by atoms with van der Waals surface area (Å²) in [5.41, 5.74) is 0.0155. The molecule has 1 fully saturated rings. The third-order valence-corrected chi connectivity index (χ3v) is 4.28. The Balaban J connectivity index is 2.03. The molecule has 0 aromatic heterocycles. The van der Waals surface area contributed by atoms with Gasteiger partial charge in [0, 0.05) is 6.07 Å². The SMILES string of the molecule is CC1(C)C(C=C(Cl)Cl)C1C(=O)OCc1ccccc1[N+](=O)[O-]. The first-order valence-corrected chi connectivity index (χ1v) is 7.42. The Morgan fingerprint density at radius 3 is 2.64 bits per heavy atom. The van der Waals surface area contributed by atoms with E-state index in [-0.39, 0.29) is 34.0 Å². The Labute approximate surface area is 138 Å². The van der Waals surface area contributed by atoms with Crippen LogP contribution in [0.5, 0.6) is 0 Å². The Hall–Kier alpha value is -1.59. The number of benzene rings is 1. The van der Waals surface area contributed by atoms with Gasteiger partial charge in [-0.15, -0.1) is 0 Å². The van der Waals surface area contributed by atoms with Crippen molar-refractivity contribution < 1.29 is 14.5 Å². The molecule has 0 aliphatic heterocycles. The highest BCUT2D eigenvalue weighted by Gasteiger charge is 2.61. The van der Waals surface area contributed by atoms with Crippen molar-refractivity contribution in [2.45, 2.75) is 20.5 Å². The zero-order chi connectivity index (χ0) is 16.5. The molecule has 0 N–H and O–H groups in total. The first-order chi connectivity index (χ1) is 10.2. The molecule has 2 atom stereocenters. The van der Waals surface area contributed by atoms with E-state index < -0.39 is 10.9 Å². The third kappa shape index (κ3) is 3.42. The van der Waals surface area contributed by atoms with Crippen molar-refractivity contribution in [3.63, 3.8) is 0 Å². The summed E-state index contributed by atoms with van der Waals surface area (Å²) in [7, 11) is 0. The van der Waals surface area contributed by atoms with Crippen LogP contribution in [0.25, 0.3) is 0 Å². The van der Waals surface area contributed by atoms with E-state index in [1.165, 1.54) is 6.07 Å². The summed E-state index contributed by atoms with van der Waals surface area (Å²) in [6.07, 6.45) is 1.63. The summed E-state index contributed by atoms with van der Waals surface area (Å²) >= 11 is 11.3. The van der Waals surface area contributed by atoms with E-state index in [0.717, 1.165) is 0 Å². The van der Waals surface area contributed by atoms with Gasteiger partial charge in [0.15, 0.2) is 0 Å². The lowest BCUT2D eigenvalue weighted by molar-refractivity contribution is -0.385. The largest absolute Gasteiger partial charge is 0.460 e. The molecular formula is C15H15Cl2NO4. The van der Waals surface area contributed by atoms with Crippen LogP contribution in [0.4, 0.5) is 5.69 Å². The predicted molar refractivity (Wildman–Crippen MR) is 83.4 cm³/mol. The molecule has 2 rings (SSSR count). The van der Waals surface area contributed by atoms with Crippen LogP contribution in [0, 0.1) is 27.4 Å². The minimum absolute atomic E-state index is 0.0643. The number of carbonyl (C=O) groups is 1. The smallest absolute Gasteiger partial charge is 0.310 e. The number of esters is 1. The topological polar surface area (TPSA) is 69.4 Å². The monoisotopic (exact) mass is 343 g/mol. The normalized spacial score (nSPS) is 21.8. The minimum Gasteiger partial charge on any atom is -0.460 e. The van der Waals surface area contributed by atoms with E-state index in [0.29, 0.717) is 5.56 Å². The van der Waals surface area contributed by atoms with Crippen LogP contribution in [0.1, 0.15) is 19.4 Å². The second-order valence-electron chi connectivity index (χ2n) is 5.77. The fraction of sp³-hybridized carbons (Fsp3) is 0.400. The maximum absolute atomic E-state index is 12.2. The number of allylic oxidation sites excluding steroid dienone is 1. The van der Waals surface area contributed by atoms with Gasteiger partial charge in [-0.05, 0) is 23.5 Å². The van der Waals surface area contributed by atoms with Crippen molar-refractivity contribution in [1.29, 1.82) is 0 Å². The van der Waals surface area contributed by atoms with Crippen LogP contribution in [0.15, 0.2) is 34.8 Å². The summed E-state index contributed by atoms with van der Waals surface area (Å²) < 4.78 is 5.35. The molecule has 1 aliphatic carbocycles. The lowest BCUT2D eigenvalue weighted by Crippen LogP contribution is -2.11. The highest BCUT2D eigenvalue weighted by atomic mass is 35.5. The summed E-state index contributed by atoms with van der Waals surface area (Å²) in [5, 5.41) is 10.9. The van der Waals surface area contributed by atoms with E-state index in [9.17, 15) is 14.9 Å². The molecule has 0 spiro atoms. The van der Waals surface area contributed by atoms with Crippen molar-refractivity contribution in [1.82, 2.24) is 0 Å². The van der Waals surface area contributed by atoms with Crippen LogP contribution in [-0.4, -0.2) is 10.9 Å². The zero-order valence-corrected chi connectivity index (χ0v) is 13.6. The molecule has 0 saturated heterocycles. The van der Waals surface area contributed by atoms with E-state index in [2.05, 4.69) is 0 Å². The molecule has 7 heteroatoms. The van der Waals surface area contributed by atoms with E-state index >= 15 is 0 Å². The molecule has 0 amide bonds. The standard InChI is InChI=1S/C15H15Cl2NO4/c1-15(2)10(7-12(16)17)13(15)14(19)22-8-9-5-3-4-6-11(9)18(20)21/h3-7,10,13H,8H2,1-2H3. The predicted octanol–water partition coefficient (Wildman–Crippen LogP) is 4.23. The summed E-state index contributed by atoms with van der Waals surface area (Å²) in [6, 6.07) is 6.17. The fourth-order valence-electron chi connectivity index (χ4n) is 2.62. The Morgan fingerprint density at radius 1 is 1.41 bits per heavy atom. The van der Waals surface area contributed by atoms with Crippen LogP contribution in [0.2, 0.25) is 0 Å². The van der Waals surface area contributed by atoms with Gasteiger partial charge in [0.25, 0.3) is 5.69 Å². The first kappa shape index (κ1) is 16.8. The molecule has 1 aromatic carbocycles. The maximum atomic E-state index is 12.2. The van der Waals surface area contributed by atoms with Crippen LogP contribution in [-0.2, 0) is 16.1 Å². The maximum Gasteiger partial charge on any atom is 0.310 e. The number of rotatable bonds is 5. The molecule has 0 radical (unpaired) electrons. The number of nitro benzene ring substituents is 1. The van der Waals surface area contributed by atoms with Gasteiger partial charge in [0.1, 0.15) is 11.1 Å². The lowest BCUT2D eigenvalue weighted by Gasteiger charge is -2.06. The van der Waals surface area contributed by atoms with Crippen molar-refractivity contribution >= 4 is 34.9 Å². The van der Waals surface area contributed by atoms with Crippen molar-refractivity contribution in [3.8, 4) is 0 Å².